The summed E-state index contributed by atoms with van der Waals surface area (Å²) in [5, 5.41) is 9.01. The predicted octanol–water partition coefficient (Wildman–Crippen LogP) is 3.14. The molecule has 1 fully saturated rings. The van der Waals surface area contributed by atoms with Crippen LogP contribution in [0.2, 0.25) is 0 Å². The van der Waals surface area contributed by atoms with E-state index in [-0.39, 0.29) is 18.4 Å². The van der Waals surface area contributed by atoms with Gasteiger partial charge in [0.1, 0.15) is 0 Å². The molecule has 1 aromatic heterocycles. The van der Waals surface area contributed by atoms with Crippen molar-refractivity contribution in [2.24, 2.45) is 0 Å². The van der Waals surface area contributed by atoms with E-state index >= 15 is 0 Å². The number of amides is 1. The molecule has 1 aromatic carbocycles. The third kappa shape index (κ3) is 3.45. The zero-order valence-corrected chi connectivity index (χ0v) is 13.6. The maximum Gasteiger partial charge on any atom is 0.305 e. The smallest absolute Gasteiger partial charge is 0.305 e. The van der Waals surface area contributed by atoms with E-state index < -0.39 is 5.97 Å². The van der Waals surface area contributed by atoms with Gasteiger partial charge in [-0.25, -0.2) is 0 Å². The zero-order chi connectivity index (χ0) is 17.1. The second kappa shape index (κ2) is 6.83. The van der Waals surface area contributed by atoms with Gasteiger partial charge >= 0.3 is 5.97 Å². The van der Waals surface area contributed by atoms with Crippen molar-refractivity contribution in [3.63, 3.8) is 0 Å². The summed E-state index contributed by atoms with van der Waals surface area (Å²) in [5.74, 6) is -1.01. The van der Waals surface area contributed by atoms with Gasteiger partial charge in [0, 0.05) is 30.5 Å². The van der Waals surface area contributed by atoms with Gasteiger partial charge in [0.15, 0.2) is 0 Å². The highest BCUT2D eigenvalue weighted by molar-refractivity contribution is 5.95. The first-order valence-corrected chi connectivity index (χ1v) is 8.09. The van der Waals surface area contributed by atoms with Crippen LogP contribution in [0.1, 0.15) is 35.2 Å². The summed E-state index contributed by atoms with van der Waals surface area (Å²) in [6, 6.07) is 9.64. The van der Waals surface area contributed by atoms with Crippen LogP contribution in [-0.4, -0.2) is 39.5 Å². The van der Waals surface area contributed by atoms with E-state index in [1.54, 1.807) is 17.3 Å². The maximum absolute atomic E-state index is 12.8. The summed E-state index contributed by atoms with van der Waals surface area (Å²) < 4.78 is 0. The summed E-state index contributed by atoms with van der Waals surface area (Å²) in [5.41, 5.74) is 3.55. The molecule has 1 amide bonds. The Labute approximate surface area is 140 Å². The van der Waals surface area contributed by atoms with Crippen molar-refractivity contribution >= 4 is 11.9 Å². The van der Waals surface area contributed by atoms with Gasteiger partial charge in [0.25, 0.3) is 5.91 Å². The molecule has 3 rings (SSSR count). The van der Waals surface area contributed by atoms with Gasteiger partial charge < -0.3 is 10.0 Å². The van der Waals surface area contributed by atoms with Gasteiger partial charge in [-0.05, 0) is 31.4 Å². The number of aryl methyl sites for hydroxylation is 1. The fourth-order valence-electron chi connectivity index (χ4n) is 3.22. The number of hydrogen-bond acceptors (Lipinski definition) is 3. The number of likely N-dealkylation sites (tertiary alicyclic amines) is 1. The Morgan fingerprint density at radius 2 is 2.08 bits per heavy atom. The molecule has 124 valence electrons. The third-order valence-electron chi connectivity index (χ3n) is 4.38. The number of aliphatic carboxylic acids is 1. The molecule has 0 spiro atoms. The van der Waals surface area contributed by atoms with Crippen molar-refractivity contribution < 1.29 is 14.7 Å². The number of aromatic nitrogens is 1. The van der Waals surface area contributed by atoms with Crippen molar-refractivity contribution in [1.29, 1.82) is 0 Å². The SMILES string of the molecule is Cc1cccc(-c2cncc(C(=O)N3CCCC3CC(=O)O)c2)c1. The standard InChI is InChI=1S/C19H20N2O3/c1-13-4-2-5-14(8-13)15-9-16(12-20-11-15)19(24)21-7-3-6-17(21)10-18(22)23/h2,4-5,8-9,11-12,17H,3,6-7,10H2,1H3,(H,22,23). The first-order chi connectivity index (χ1) is 11.5. The van der Waals surface area contributed by atoms with Gasteiger partial charge in [-0.15, -0.1) is 0 Å². The summed E-state index contributed by atoms with van der Waals surface area (Å²) in [6.07, 6.45) is 4.87. The number of benzene rings is 1. The molecule has 1 N–H and O–H groups in total. The molecule has 1 unspecified atom stereocenters. The van der Waals surface area contributed by atoms with Gasteiger partial charge in [-0.2, -0.15) is 0 Å². The number of hydrogen-bond donors (Lipinski definition) is 1. The van der Waals surface area contributed by atoms with E-state index in [4.69, 9.17) is 5.11 Å². The molecule has 5 heteroatoms. The van der Waals surface area contributed by atoms with Crippen LogP contribution in [0.4, 0.5) is 0 Å². The first kappa shape index (κ1) is 16.2. The molecule has 0 saturated carbocycles. The van der Waals surface area contributed by atoms with Crippen LogP contribution < -0.4 is 0 Å². The molecule has 2 aromatic rings. The molecule has 1 atom stereocenters. The van der Waals surface area contributed by atoms with Crippen LogP contribution in [0.3, 0.4) is 0 Å². The largest absolute Gasteiger partial charge is 0.481 e. The predicted molar refractivity (Wildman–Crippen MR) is 90.7 cm³/mol. The fourth-order valence-corrected chi connectivity index (χ4v) is 3.22. The summed E-state index contributed by atoms with van der Waals surface area (Å²) in [4.78, 5) is 29.6. The van der Waals surface area contributed by atoms with Crippen molar-refractivity contribution in [1.82, 2.24) is 9.88 Å². The molecule has 2 heterocycles. The minimum absolute atomic E-state index is 0.00323. The fraction of sp³-hybridized carbons (Fsp3) is 0.316. The molecule has 1 aliphatic rings. The Morgan fingerprint density at radius 1 is 1.25 bits per heavy atom. The first-order valence-electron chi connectivity index (χ1n) is 8.09. The van der Waals surface area contributed by atoms with Crippen molar-refractivity contribution in [3.05, 3.63) is 53.9 Å². The van der Waals surface area contributed by atoms with Crippen LogP contribution in [0.25, 0.3) is 11.1 Å². The van der Waals surface area contributed by atoms with Gasteiger partial charge in [0.05, 0.1) is 12.0 Å². The van der Waals surface area contributed by atoms with E-state index in [9.17, 15) is 9.59 Å². The maximum atomic E-state index is 12.8. The Bertz CT molecular complexity index is 773. The van der Waals surface area contributed by atoms with Crippen molar-refractivity contribution in [2.45, 2.75) is 32.2 Å². The summed E-state index contributed by atoms with van der Waals surface area (Å²) in [6.45, 7) is 2.62. The van der Waals surface area contributed by atoms with E-state index in [1.165, 1.54) is 0 Å². The van der Waals surface area contributed by atoms with Crippen LogP contribution in [0, 0.1) is 6.92 Å². The molecule has 0 aliphatic carbocycles. The number of carboxylic acids is 1. The second-order valence-electron chi connectivity index (χ2n) is 6.22. The normalized spacial score (nSPS) is 17.0. The number of rotatable bonds is 4. The van der Waals surface area contributed by atoms with Crippen LogP contribution in [0.5, 0.6) is 0 Å². The second-order valence-corrected chi connectivity index (χ2v) is 6.22. The van der Waals surface area contributed by atoms with E-state index in [2.05, 4.69) is 4.98 Å². The monoisotopic (exact) mass is 324 g/mol. The van der Waals surface area contributed by atoms with Gasteiger partial charge in [-0.3, -0.25) is 14.6 Å². The number of carbonyl (C=O) groups is 2. The topological polar surface area (TPSA) is 70.5 Å². The average Bonchev–Trinajstić information content (AvgIpc) is 3.01. The van der Waals surface area contributed by atoms with E-state index in [0.29, 0.717) is 12.1 Å². The van der Waals surface area contributed by atoms with Gasteiger partial charge in [-0.1, -0.05) is 29.8 Å². The van der Waals surface area contributed by atoms with Crippen LogP contribution in [-0.2, 0) is 4.79 Å². The van der Waals surface area contributed by atoms with E-state index in [0.717, 1.165) is 29.5 Å². The average molecular weight is 324 g/mol. The highest BCUT2D eigenvalue weighted by atomic mass is 16.4. The molecule has 5 nitrogen and oxygen atoms in total. The zero-order valence-electron chi connectivity index (χ0n) is 13.6. The number of nitrogens with zero attached hydrogens (tertiary/aromatic N) is 2. The Balaban J connectivity index is 1.85. The third-order valence-corrected chi connectivity index (χ3v) is 4.38. The van der Waals surface area contributed by atoms with Crippen LogP contribution >= 0.6 is 0 Å². The lowest BCUT2D eigenvalue weighted by Gasteiger charge is -2.23. The highest BCUT2D eigenvalue weighted by Gasteiger charge is 2.31. The molecule has 1 aliphatic heterocycles. The summed E-state index contributed by atoms with van der Waals surface area (Å²) in [7, 11) is 0. The lowest BCUT2D eigenvalue weighted by Crippen LogP contribution is -2.36. The minimum atomic E-state index is -0.869. The molecule has 1 saturated heterocycles. The lowest BCUT2D eigenvalue weighted by atomic mass is 10.0. The highest BCUT2D eigenvalue weighted by Crippen LogP contribution is 2.25. The lowest BCUT2D eigenvalue weighted by molar-refractivity contribution is -0.137. The molecular formula is C19H20N2O3. The number of carboxylic acid groups (broad SMARTS) is 1. The van der Waals surface area contributed by atoms with Crippen molar-refractivity contribution in [2.75, 3.05) is 6.54 Å². The molecular weight excluding hydrogens is 304 g/mol. The number of carbonyl (C=O) groups excluding carboxylic acids is 1. The quantitative estimate of drug-likeness (QED) is 0.938. The Morgan fingerprint density at radius 3 is 2.83 bits per heavy atom. The number of pyridine rings is 1. The minimum Gasteiger partial charge on any atom is -0.481 e. The summed E-state index contributed by atoms with van der Waals surface area (Å²) >= 11 is 0. The Hall–Kier alpha value is -2.69. The van der Waals surface area contributed by atoms with E-state index in [1.807, 2.05) is 37.3 Å². The molecule has 0 bridgehead atoms. The van der Waals surface area contributed by atoms with Crippen molar-refractivity contribution in [3.8, 4) is 11.1 Å². The molecule has 0 radical (unpaired) electrons. The molecule has 24 heavy (non-hydrogen) atoms. The Kier molecular flexibility index (Phi) is 4.60. The van der Waals surface area contributed by atoms with Crippen LogP contribution in [0.15, 0.2) is 42.7 Å². The van der Waals surface area contributed by atoms with Gasteiger partial charge in [0.2, 0.25) is 0 Å².